The van der Waals surface area contributed by atoms with Gasteiger partial charge in [-0.1, -0.05) is 48.5 Å². The zero-order valence-corrected chi connectivity index (χ0v) is 15.3. The standard InChI is InChI=1S/C19H20N2O4S/c1-13(17(22)21-19(24)20-2)25-18(23)16(14-9-5-3-6-10-14)26-15-11-7-4-8-12-15/h3-13,16H,1-2H3,(H2,20,21,22,24)/t13-,16-/m0/s1. The molecule has 0 aliphatic carbocycles. The van der Waals surface area contributed by atoms with Crippen molar-refractivity contribution >= 4 is 29.7 Å². The SMILES string of the molecule is CNC(=O)NC(=O)[C@H](C)OC(=O)[C@@H](Sc1ccccc1)c1ccccc1. The van der Waals surface area contributed by atoms with Gasteiger partial charge in [0.05, 0.1) is 0 Å². The molecule has 0 spiro atoms. The van der Waals surface area contributed by atoms with Gasteiger partial charge in [-0.25, -0.2) is 4.79 Å². The second-order valence-corrected chi connectivity index (χ2v) is 6.55. The molecule has 3 amide bonds. The molecule has 6 nitrogen and oxygen atoms in total. The van der Waals surface area contributed by atoms with Gasteiger partial charge in [0.2, 0.25) is 0 Å². The van der Waals surface area contributed by atoms with E-state index in [1.54, 1.807) is 0 Å². The number of hydrogen-bond acceptors (Lipinski definition) is 5. The Hall–Kier alpha value is -2.80. The highest BCUT2D eigenvalue weighted by atomic mass is 32.2. The third-order valence-corrected chi connectivity index (χ3v) is 4.68. The Kier molecular flexibility index (Phi) is 7.23. The Morgan fingerprint density at radius 2 is 1.54 bits per heavy atom. The predicted molar refractivity (Wildman–Crippen MR) is 99.6 cm³/mol. The number of esters is 1. The molecule has 7 heteroatoms. The predicted octanol–water partition coefficient (Wildman–Crippen LogP) is 2.91. The van der Waals surface area contributed by atoms with Crippen molar-refractivity contribution in [2.45, 2.75) is 23.2 Å². The van der Waals surface area contributed by atoms with E-state index >= 15 is 0 Å². The summed E-state index contributed by atoms with van der Waals surface area (Å²) in [6.45, 7) is 1.42. The van der Waals surface area contributed by atoms with Crippen molar-refractivity contribution < 1.29 is 19.1 Å². The van der Waals surface area contributed by atoms with E-state index in [2.05, 4.69) is 10.6 Å². The lowest BCUT2D eigenvalue weighted by atomic mass is 10.1. The average molecular weight is 372 g/mol. The number of imide groups is 1. The maximum Gasteiger partial charge on any atom is 0.324 e. The van der Waals surface area contributed by atoms with Crippen LogP contribution in [-0.4, -0.2) is 31.1 Å². The minimum absolute atomic E-state index is 0.551. The lowest BCUT2D eigenvalue weighted by Crippen LogP contribution is -2.43. The molecule has 0 saturated carbocycles. The van der Waals surface area contributed by atoms with Gasteiger partial charge in [-0.2, -0.15) is 0 Å². The molecule has 0 radical (unpaired) electrons. The molecule has 2 aromatic rings. The molecule has 2 N–H and O–H groups in total. The normalized spacial score (nSPS) is 12.5. The number of benzene rings is 2. The van der Waals surface area contributed by atoms with Crippen molar-refractivity contribution in [3.63, 3.8) is 0 Å². The van der Waals surface area contributed by atoms with Crippen molar-refractivity contribution in [3.8, 4) is 0 Å². The molecule has 2 aromatic carbocycles. The summed E-state index contributed by atoms with van der Waals surface area (Å²) < 4.78 is 5.29. The quantitative estimate of drug-likeness (QED) is 0.602. The van der Waals surface area contributed by atoms with Crippen molar-refractivity contribution in [3.05, 3.63) is 66.2 Å². The monoisotopic (exact) mass is 372 g/mol. The van der Waals surface area contributed by atoms with Crippen LogP contribution >= 0.6 is 11.8 Å². The van der Waals surface area contributed by atoms with Crippen LogP contribution in [0.5, 0.6) is 0 Å². The van der Waals surface area contributed by atoms with Crippen molar-refractivity contribution in [2.24, 2.45) is 0 Å². The van der Waals surface area contributed by atoms with Gasteiger partial charge in [0.1, 0.15) is 5.25 Å². The first-order chi connectivity index (χ1) is 12.5. The van der Waals surface area contributed by atoms with Gasteiger partial charge in [-0.3, -0.25) is 14.9 Å². The van der Waals surface area contributed by atoms with Crippen molar-refractivity contribution in [1.82, 2.24) is 10.6 Å². The number of nitrogens with one attached hydrogen (secondary N) is 2. The summed E-state index contributed by atoms with van der Waals surface area (Å²) in [6, 6.07) is 18.0. The van der Waals surface area contributed by atoms with E-state index in [-0.39, 0.29) is 0 Å². The molecule has 0 aliphatic rings. The minimum Gasteiger partial charge on any atom is -0.451 e. The van der Waals surface area contributed by atoms with Crippen molar-refractivity contribution in [2.75, 3.05) is 7.05 Å². The first kappa shape index (κ1) is 19.5. The van der Waals surface area contributed by atoms with Crippen LogP contribution in [0, 0.1) is 0 Å². The van der Waals surface area contributed by atoms with E-state index in [0.717, 1.165) is 10.5 Å². The Balaban J connectivity index is 2.13. The zero-order valence-electron chi connectivity index (χ0n) is 14.5. The first-order valence-electron chi connectivity index (χ1n) is 8.01. The molecule has 0 unspecified atom stereocenters. The Morgan fingerprint density at radius 3 is 2.12 bits per heavy atom. The summed E-state index contributed by atoms with van der Waals surface area (Å²) in [5.74, 6) is -1.24. The Labute approximate surface area is 156 Å². The highest BCUT2D eigenvalue weighted by molar-refractivity contribution is 8.00. The average Bonchev–Trinajstić information content (AvgIpc) is 2.67. The molecule has 136 valence electrons. The van der Waals surface area contributed by atoms with E-state index in [1.807, 2.05) is 60.7 Å². The maximum atomic E-state index is 12.7. The Bertz CT molecular complexity index is 753. The number of ether oxygens (including phenoxy) is 1. The lowest BCUT2D eigenvalue weighted by molar-refractivity contribution is -0.154. The summed E-state index contributed by atoms with van der Waals surface area (Å²) in [4.78, 5) is 36.7. The molecule has 0 bridgehead atoms. The van der Waals surface area contributed by atoms with Crippen LogP contribution in [0.15, 0.2) is 65.6 Å². The second-order valence-electron chi connectivity index (χ2n) is 5.37. The topological polar surface area (TPSA) is 84.5 Å². The Morgan fingerprint density at radius 1 is 0.962 bits per heavy atom. The summed E-state index contributed by atoms with van der Waals surface area (Å²) >= 11 is 1.34. The molecular weight excluding hydrogens is 352 g/mol. The van der Waals surface area contributed by atoms with Gasteiger partial charge in [-0.15, -0.1) is 11.8 Å². The van der Waals surface area contributed by atoms with Crippen LogP contribution in [0.4, 0.5) is 4.79 Å². The van der Waals surface area contributed by atoms with E-state index in [0.29, 0.717) is 0 Å². The van der Waals surface area contributed by atoms with Crippen LogP contribution in [0.25, 0.3) is 0 Å². The molecule has 0 fully saturated rings. The highest BCUT2D eigenvalue weighted by Crippen LogP contribution is 2.36. The molecule has 2 atom stereocenters. The summed E-state index contributed by atoms with van der Waals surface area (Å²) in [6.07, 6.45) is -1.10. The summed E-state index contributed by atoms with van der Waals surface area (Å²) in [5, 5.41) is 3.73. The molecule has 0 aromatic heterocycles. The lowest BCUT2D eigenvalue weighted by Gasteiger charge is -2.19. The van der Waals surface area contributed by atoms with Crippen LogP contribution < -0.4 is 10.6 Å². The molecule has 0 heterocycles. The van der Waals surface area contributed by atoms with Gasteiger partial charge in [0.25, 0.3) is 5.91 Å². The van der Waals surface area contributed by atoms with E-state index in [4.69, 9.17) is 4.74 Å². The molecule has 0 aliphatic heterocycles. The van der Waals surface area contributed by atoms with Crippen LogP contribution in [0.1, 0.15) is 17.7 Å². The number of carbonyl (C=O) groups is 3. The summed E-state index contributed by atoms with van der Waals surface area (Å²) in [5.41, 5.74) is 0.769. The van der Waals surface area contributed by atoms with Crippen molar-refractivity contribution in [1.29, 1.82) is 0 Å². The largest absolute Gasteiger partial charge is 0.451 e. The number of thioether (sulfide) groups is 1. The zero-order chi connectivity index (χ0) is 18.9. The third kappa shape index (κ3) is 5.63. The maximum absolute atomic E-state index is 12.7. The van der Waals surface area contributed by atoms with Gasteiger partial charge < -0.3 is 10.1 Å². The van der Waals surface area contributed by atoms with Gasteiger partial charge in [0, 0.05) is 11.9 Å². The number of urea groups is 1. The number of hydrogen-bond donors (Lipinski definition) is 2. The molecule has 2 rings (SSSR count). The van der Waals surface area contributed by atoms with Gasteiger partial charge >= 0.3 is 12.0 Å². The van der Waals surface area contributed by atoms with Crippen LogP contribution in [-0.2, 0) is 14.3 Å². The van der Waals surface area contributed by atoms with E-state index < -0.39 is 29.3 Å². The summed E-state index contributed by atoms with van der Waals surface area (Å²) in [7, 11) is 1.39. The molecular formula is C19H20N2O4S. The smallest absolute Gasteiger partial charge is 0.324 e. The number of amides is 3. The number of rotatable bonds is 6. The highest BCUT2D eigenvalue weighted by Gasteiger charge is 2.28. The van der Waals surface area contributed by atoms with Gasteiger partial charge in [-0.05, 0) is 24.6 Å². The minimum atomic E-state index is -1.10. The first-order valence-corrected chi connectivity index (χ1v) is 8.89. The fourth-order valence-corrected chi connectivity index (χ4v) is 3.11. The fourth-order valence-electron chi connectivity index (χ4n) is 2.08. The van der Waals surface area contributed by atoms with Gasteiger partial charge in [0.15, 0.2) is 6.10 Å². The van der Waals surface area contributed by atoms with Crippen LogP contribution in [0.2, 0.25) is 0 Å². The molecule has 0 saturated heterocycles. The van der Waals surface area contributed by atoms with E-state index in [9.17, 15) is 14.4 Å². The fraction of sp³-hybridized carbons (Fsp3) is 0.211. The third-order valence-electron chi connectivity index (χ3n) is 3.44. The van der Waals surface area contributed by atoms with E-state index in [1.165, 1.54) is 25.7 Å². The number of carbonyl (C=O) groups excluding carboxylic acids is 3. The molecule has 26 heavy (non-hydrogen) atoms. The second kappa shape index (κ2) is 9.62. The van der Waals surface area contributed by atoms with Crippen LogP contribution in [0.3, 0.4) is 0 Å².